The number of aromatic nitrogens is 2. The molecule has 2 heterocycles. The third-order valence-corrected chi connectivity index (χ3v) is 3.20. The van der Waals surface area contributed by atoms with Crippen molar-refractivity contribution in [2.75, 3.05) is 13.7 Å². The molecule has 4 nitrogen and oxygen atoms in total. The molecule has 0 saturated carbocycles. The number of likely N-dealkylation sites (N-methyl/N-ethyl adjacent to an activating group) is 1. The van der Waals surface area contributed by atoms with Gasteiger partial charge in [-0.3, -0.25) is 4.68 Å². The second-order valence-electron chi connectivity index (χ2n) is 4.54. The Morgan fingerprint density at radius 2 is 2.56 bits per heavy atom. The lowest BCUT2D eigenvalue weighted by Crippen LogP contribution is -2.31. The first-order chi connectivity index (χ1) is 7.78. The van der Waals surface area contributed by atoms with Crippen LogP contribution in [0.25, 0.3) is 0 Å². The van der Waals surface area contributed by atoms with Crippen LogP contribution in [-0.2, 0) is 18.2 Å². The Labute approximate surface area is 97.0 Å². The van der Waals surface area contributed by atoms with Crippen molar-refractivity contribution in [1.29, 1.82) is 0 Å². The summed E-state index contributed by atoms with van der Waals surface area (Å²) in [4.78, 5) is 0. The predicted octanol–water partition coefficient (Wildman–Crippen LogP) is 1.12. The number of hydrogen-bond donors (Lipinski definition) is 1. The van der Waals surface area contributed by atoms with Gasteiger partial charge in [-0.25, -0.2) is 0 Å². The molecule has 1 saturated heterocycles. The van der Waals surface area contributed by atoms with Crippen molar-refractivity contribution in [3.05, 3.63) is 18.0 Å². The van der Waals surface area contributed by atoms with Crippen LogP contribution in [-0.4, -0.2) is 35.6 Å². The molecule has 1 aromatic heterocycles. The lowest BCUT2D eigenvalue weighted by molar-refractivity contribution is 0.0953. The molecule has 1 aliphatic heterocycles. The van der Waals surface area contributed by atoms with Crippen molar-refractivity contribution >= 4 is 0 Å². The van der Waals surface area contributed by atoms with Gasteiger partial charge in [-0.2, -0.15) is 5.10 Å². The monoisotopic (exact) mass is 223 g/mol. The molecular formula is C12H21N3O. The Bertz CT molecular complexity index is 318. The fourth-order valence-corrected chi connectivity index (χ4v) is 2.28. The van der Waals surface area contributed by atoms with E-state index in [9.17, 15) is 0 Å². The first kappa shape index (κ1) is 11.6. The second-order valence-corrected chi connectivity index (χ2v) is 4.54. The number of nitrogens with zero attached hydrogens (tertiary/aromatic N) is 2. The summed E-state index contributed by atoms with van der Waals surface area (Å²) in [5.74, 6) is 0. The van der Waals surface area contributed by atoms with Crippen molar-refractivity contribution < 1.29 is 4.74 Å². The SMILES string of the molecule is CNC(Cc1ccn(C)n1)CC1CCCO1. The minimum Gasteiger partial charge on any atom is -0.378 e. The van der Waals surface area contributed by atoms with Gasteiger partial charge in [0.1, 0.15) is 0 Å². The number of nitrogens with one attached hydrogen (secondary N) is 1. The zero-order chi connectivity index (χ0) is 11.4. The summed E-state index contributed by atoms with van der Waals surface area (Å²) in [6, 6.07) is 2.55. The Balaban J connectivity index is 1.84. The zero-order valence-electron chi connectivity index (χ0n) is 10.1. The Morgan fingerprint density at radius 3 is 3.12 bits per heavy atom. The van der Waals surface area contributed by atoms with E-state index in [1.807, 2.05) is 25.0 Å². The highest BCUT2D eigenvalue weighted by Crippen LogP contribution is 2.18. The Hall–Kier alpha value is -0.870. The predicted molar refractivity (Wildman–Crippen MR) is 63.4 cm³/mol. The van der Waals surface area contributed by atoms with Gasteiger partial charge in [-0.05, 0) is 32.4 Å². The molecule has 0 amide bonds. The maximum absolute atomic E-state index is 5.66. The van der Waals surface area contributed by atoms with Crippen LogP contribution in [0.4, 0.5) is 0 Å². The molecule has 1 N–H and O–H groups in total. The minimum atomic E-state index is 0.446. The van der Waals surface area contributed by atoms with E-state index < -0.39 is 0 Å². The van der Waals surface area contributed by atoms with Crippen LogP contribution in [0.5, 0.6) is 0 Å². The fraction of sp³-hybridized carbons (Fsp3) is 0.750. The van der Waals surface area contributed by atoms with Crippen molar-refractivity contribution in [3.8, 4) is 0 Å². The van der Waals surface area contributed by atoms with E-state index >= 15 is 0 Å². The molecule has 1 aromatic rings. The summed E-state index contributed by atoms with van der Waals surface area (Å²) in [6.07, 6.45) is 6.94. The van der Waals surface area contributed by atoms with Gasteiger partial charge in [0.25, 0.3) is 0 Å². The fourth-order valence-electron chi connectivity index (χ4n) is 2.28. The summed E-state index contributed by atoms with van der Waals surface area (Å²) in [5.41, 5.74) is 1.15. The molecule has 0 aromatic carbocycles. The van der Waals surface area contributed by atoms with Crippen LogP contribution in [0, 0.1) is 0 Å². The first-order valence-electron chi connectivity index (χ1n) is 6.05. The topological polar surface area (TPSA) is 39.1 Å². The Morgan fingerprint density at radius 1 is 1.69 bits per heavy atom. The van der Waals surface area contributed by atoms with E-state index in [1.54, 1.807) is 0 Å². The van der Waals surface area contributed by atoms with Gasteiger partial charge < -0.3 is 10.1 Å². The molecule has 0 radical (unpaired) electrons. The van der Waals surface area contributed by atoms with E-state index in [4.69, 9.17) is 4.74 Å². The van der Waals surface area contributed by atoms with E-state index in [2.05, 4.69) is 16.5 Å². The quantitative estimate of drug-likeness (QED) is 0.813. The molecule has 90 valence electrons. The third kappa shape index (κ3) is 3.06. The van der Waals surface area contributed by atoms with Crippen molar-refractivity contribution in [2.45, 2.75) is 37.8 Å². The maximum atomic E-state index is 5.66. The Kier molecular flexibility index (Phi) is 3.96. The average molecular weight is 223 g/mol. The van der Waals surface area contributed by atoms with Gasteiger partial charge in [0.2, 0.25) is 0 Å². The van der Waals surface area contributed by atoms with Gasteiger partial charge in [-0.15, -0.1) is 0 Å². The first-order valence-corrected chi connectivity index (χ1v) is 6.05. The van der Waals surface area contributed by atoms with Crippen molar-refractivity contribution in [3.63, 3.8) is 0 Å². The highest BCUT2D eigenvalue weighted by atomic mass is 16.5. The summed E-state index contributed by atoms with van der Waals surface area (Å²) >= 11 is 0. The molecular weight excluding hydrogens is 202 g/mol. The smallest absolute Gasteiger partial charge is 0.0640 e. The largest absolute Gasteiger partial charge is 0.378 e. The maximum Gasteiger partial charge on any atom is 0.0640 e. The molecule has 2 atom stereocenters. The van der Waals surface area contributed by atoms with Crippen LogP contribution in [0.1, 0.15) is 25.0 Å². The lowest BCUT2D eigenvalue weighted by atomic mass is 10.0. The summed E-state index contributed by atoms with van der Waals surface area (Å²) in [7, 11) is 3.97. The van der Waals surface area contributed by atoms with Crippen LogP contribution in [0.2, 0.25) is 0 Å². The molecule has 16 heavy (non-hydrogen) atoms. The van der Waals surface area contributed by atoms with Gasteiger partial charge in [0.15, 0.2) is 0 Å². The van der Waals surface area contributed by atoms with Crippen molar-refractivity contribution in [1.82, 2.24) is 15.1 Å². The van der Waals surface area contributed by atoms with Gasteiger partial charge in [-0.1, -0.05) is 0 Å². The molecule has 2 rings (SSSR count). The molecule has 0 bridgehead atoms. The average Bonchev–Trinajstić information content (AvgIpc) is 2.89. The summed E-state index contributed by atoms with van der Waals surface area (Å²) in [5, 5.41) is 7.77. The van der Waals surface area contributed by atoms with Crippen LogP contribution >= 0.6 is 0 Å². The minimum absolute atomic E-state index is 0.446. The molecule has 0 spiro atoms. The van der Waals surface area contributed by atoms with Crippen LogP contribution in [0.3, 0.4) is 0 Å². The van der Waals surface area contributed by atoms with E-state index in [0.717, 1.165) is 25.1 Å². The van der Waals surface area contributed by atoms with E-state index in [0.29, 0.717) is 12.1 Å². The highest BCUT2D eigenvalue weighted by Gasteiger charge is 2.20. The number of aryl methyl sites for hydroxylation is 1. The normalized spacial score (nSPS) is 22.5. The molecule has 1 aliphatic rings. The van der Waals surface area contributed by atoms with Crippen LogP contribution in [0.15, 0.2) is 12.3 Å². The van der Waals surface area contributed by atoms with E-state index in [1.165, 1.54) is 12.8 Å². The molecule has 0 aliphatic carbocycles. The van der Waals surface area contributed by atoms with Crippen LogP contribution < -0.4 is 5.32 Å². The van der Waals surface area contributed by atoms with Gasteiger partial charge >= 0.3 is 0 Å². The lowest BCUT2D eigenvalue weighted by Gasteiger charge is -2.18. The summed E-state index contributed by atoms with van der Waals surface area (Å²) < 4.78 is 7.52. The van der Waals surface area contributed by atoms with Gasteiger partial charge in [0.05, 0.1) is 11.8 Å². The molecule has 2 unspecified atom stereocenters. The molecule has 4 heteroatoms. The number of ether oxygens (including phenoxy) is 1. The molecule has 1 fully saturated rings. The highest BCUT2D eigenvalue weighted by molar-refractivity contribution is 5.01. The van der Waals surface area contributed by atoms with Gasteiger partial charge in [0, 0.05) is 32.3 Å². The third-order valence-electron chi connectivity index (χ3n) is 3.20. The number of hydrogen-bond acceptors (Lipinski definition) is 3. The van der Waals surface area contributed by atoms with E-state index in [-0.39, 0.29) is 0 Å². The zero-order valence-corrected chi connectivity index (χ0v) is 10.1. The second kappa shape index (κ2) is 5.46. The van der Waals surface area contributed by atoms with Crippen molar-refractivity contribution in [2.24, 2.45) is 7.05 Å². The standard InChI is InChI=1S/C12H21N3O/c1-13-11(9-12-4-3-7-16-12)8-10-5-6-15(2)14-10/h5-6,11-13H,3-4,7-9H2,1-2H3. The number of rotatable bonds is 5. The summed E-state index contributed by atoms with van der Waals surface area (Å²) in [6.45, 7) is 0.935.